The van der Waals surface area contributed by atoms with Crippen molar-refractivity contribution in [2.24, 2.45) is 0 Å². The van der Waals surface area contributed by atoms with E-state index in [2.05, 4.69) is 15.9 Å². The van der Waals surface area contributed by atoms with Crippen molar-refractivity contribution in [1.29, 1.82) is 0 Å². The van der Waals surface area contributed by atoms with Crippen molar-refractivity contribution in [3.63, 3.8) is 0 Å². The maximum Gasteiger partial charge on any atom is 0.154 e. The third-order valence-electron chi connectivity index (χ3n) is 3.46. The second kappa shape index (κ2) is 6.02. The number of benzene rings is 1. The number of halogens is 2. The molecular formula is C13H16BrClO3S. The molecule has 0 radical (unpaired) electrons. The van der Waals surface area contributed by atoms with Crippen LogP contribution in [0.3, 0.4) is 0 Å². The molecule has 2 unspecified atom stereocenters. The van der Waals surface area contributed by atoms with Gasteiger partial charge in [-0.1, -0.05) is 40.0 Å². The molecule has 1 heterocycles. The summed E-state index contributed by atoms with van der Waals surface area (Å²) >= 11 is 9.73. The smallest absolute Gasteiger partial charge is 0.154 e. The van der Waals surface area contributed by atoms with Crippen molar-refractivity contribution >= 4 is 37.4 Å². The van der Waals surface area contributed by atoms with E-state index in [9.17, 15) is 8.42 Å². The van der Waals surface area contributed by atoms with Gasteiger partial charge in [0.1, 0.15) is 5.75 Å². The van der Waals surface area contributed by atoms with Gasteiger partial charge in [-0.15, -0.1) is 0 Å². The Morgan fingerprint density at radius 3 is 2.74 bits per heavy atom. The predicted octanol–water partition coefficient (Wildman–Crippen LogP) is 3.75. The van der Waals surface area contributed by atoms with E-state index in [-0.39, 0.29) is 10.6 Å². The molecule has 1 aromatic rings. The Labute approximate surface area is 127 Å². The van der Waals surface area contributed by atoms with Crippen LogP contribution in [0.25, 0.3) is 0 Å². The molecule has 1 aliphatic rings. The third kappa shape index (κ3) is 3.26. The molecule has 2 atom stereocenters. The van der Waals surface area contributed by atoms with Gasteiger partial charge >= 0.3 is 0 Å². The van der Waals surface area contributed by atoms with Gasteiger partial charge in [-0.3, -0.25) is 0 Å². The van der Waals surface area contributed by atoms with E-state index in [1.54, 1.807) is 19.2 Å². The number of sulfone groups is 1. The highest BCUT2D eigenvalue weighted by atomic mass is 79.9. The van der Waals surface area contributed by atoms with E-state index < -0.39 is 15.1 Å². The fraction of sp³-hybridized carbons (Fsp3) is 0.538. The second-order valence-corrected chi connectivity index (χ2v) is 8.42. The molecule has 6 heteroatoms. The van der Waals surface area contributed by atoms with Gasteiger partial charge in [-0.25, -0.2) is 8.42 Å². The SMILES string of the molecule is COc1ccc(C(Br)C2CCCCS2(=O)=O)c(Cl)c1. The first-order valence-electron chi connectivity index (χ1n) is 6.15. The minimum Gasteiger partial charge on any atom is -0.497 e. The van der Waals surface area contributed by atoms with Crippen molar-refractivity contribution < 1.29 is 13.2 Å². The first kappa shape index (κ1) is 15.1. The highest BCUT2D eigenvalue weighted by Gasteiger charge is 2.35. The van der Waals surface area contributed by atoms with Crippen LogP contribution in [-0.2, 0) is 9.84 Å². The Morgan fingerprint density at radius 1 is 1.42 bits per heavy atom. The molecule has 106 valence electrons. The fourth-order valence-electron chi connectivity index (χ4n) is 2.37. The summed E-state index contributed by atoms with van der Waals surface area (Å²) < 4.78 is 29.4. The van der Waals surface area contributed by atoms with Gasteiger partial charge in [0.2, 0.25) is 0 Å². The van der Waals surface area contributed by atoms with Gasteiger partial charge in [-0.2, -0.15) is 0 Å². The maximum absolute atomic E-state index is 12.1. The number of methoxy groups -OCH3 is 1. The molecule has 1 fully saturated rings. The van der Waals surface area contributed by atoms with Crippen LogP contribution >= 0.6 is 27.5 Å². The number of hydrogen-bond donors (Lipinski definition) is 0. The quantitative estimate of drug-likeness (QED) is 0.764. The van der Waals surface area contributed by atoms with Crippen molar-refractivity contribution in [3.05, 3.63) is 28.8 Å². The van der Waals surface area contributed by atoms with Gasteiger partial charge in [0.05, 0.1) is 22.9 Å². The summed E-state index contributed by atoms with van der Waals surface area (Å²) in [6.07, 6.45) is 2.38. The van der Waals surface area contributed by atoms with Crippen LogP contribution in [0, 0.1) is 0 Å². The minimum atomic E-state index is -3.04. The van der Waals surface area contributed by atoms with Crippen LogP contribution in [0.2, 0.25) is 5.02 Å². The van der Waals surface area contributed by atoms with E-state index in [0.29, 0.717) is 17.2 Å². The number of alkyl halides is 1. The molecule has 0 amide bonds. The summed E-state index contributed by atoms with van der Waals surface area (Å²) in [6, 6.07) is 5.33. The Bertz CT molecular complexity index is 559. The molecule has 2 rings (SSSR count). The van der Waals surface area contributed by atoms with Crippen molar-refractivity contribution in [1.82, 2.24) is 0 Å². The third-order valence-corrected chi connectivity index (χ3v) is 7.56. The molecule has 1 aromatic carbocycles. The Balaban J connectivity index is 2.31. The lowest BCUT2D eigenvalue weighted by Gasteiger charge is -2.27. The van der Waals surface area contributed by atoms with Crippen LogP contribution in [0.15, 0.2) is 18.2 Å². The fourth-order valence-corrected chi connectivity index (χ4v) is 6.38. The van der Waals surface area contributed by atoms with Crippen molar-refractivity contribution in [3.8, 4) is 5.75 Å². The first-order valence-corrected chi connectivity index (χ1v) is 9.15. The van der Waals surface area contributed by atoms with E-state index >= 15 is 0 Å². The Morgan fingerprint density at radius 2 is 2.16 bits per heavy atom. The molecule has 0 N–H and O–H groups in total. The minimum absolute atomic E-state index is 0.267. The summed E-state index contributed by atoms with van der Waals surface area (Å²) in [4.78, 5) is -0.267. The summed E-state index contributed by atoms with van der Waals surface area (Å²) in [6.45, 7) is 0. The van der Waals surface area contributed by atoms with E-state index in [1.807, 2.05) is 6.07 Å². The van der Waals surface area contributed by atoms with Crippen LogP contribution in [-0.4, -0.2) is 26.5 Å². The van der Waals surface area contributed by atoms with Gasteiger partial charge in [0, 0.05) is 5.02 Å². The van der Waals surface area contributed by atoms with Crippen molar-refractivity contribution in [2.45, 2.75) is 29.3 Å². The normalized spacial score (nSPS) is 23.8. The summed E-state index contributed by atoms with van der Waals surface area (Å²) in [5, 5.41) is 0.133. The molecular weight excluding hydrogens is 352 g/mol. The van der Waals surface area contributed by atoms with E-state index in [4.69, 9.17) is 16.3 Å². The molecule has 0 saturated carbocycles. The van der Waals surface area contributed by atoms with Gasteiger partial charge < -0.3 is 4.74 Å². The average molecular weight is 368 g/mol. The standard InChI is InChI=1S/C13H16BrClO3S/c1-18-9-5-6-10(11(15)8-9)13(14)12-4-2-3-7-19(12,16)17/h5-6,8,12-13H,2-4,7H2,1H3. The Kier molecular flexibility index (Phi) is 4.79. The lowest BCUT2D eigenvalue weighted by molar-refractivity contribution is 0.414. The second-order valence-electron chi connectivity index (χ2n) is 4.69. The molecule has 19 heavy (non-hydrogen) atoms. The summed E-state index contributed by atoms with van der Waals surface area (Å²) in [5.41, 5.74) is 0.804. The van der Waals surface area contributed by atoms with Crippen LogP contribution in [0.1, 0.15) is 29.7 Å². The highest BCUT2D eigenvalue weighted by molar-refractivity contribution is 9.09. The highest BCUT2D eigenvalue weighted by Crippen LogP contribution is 2.40. The lowest BCUT2D eigenvalue weighted by Crippen LogP contribution is -2.31. The van der Waals surface area contributed by atoms with Crippen molar-refractivity contribution in [2.75, 3.05) is 12.9 Å². The zero-order chi connectivity index (χ0) is 14.0. The van der Waals surface area contributed by atoms with Gasteiger partial charge in [-0.05, 0) is 30.5 Å². The van der Waals surface area contributed by atoms with E-state index in [1.165, 1.54) is 0 Å². The molecule has 1 saturated heterocycles. The number of hydrogen-bond acceptors (Lipinski definition) is 3. The maximum atomic E-state index is 12.1. The predicted molar refractivity (Wildman–Crippen MR) is 81.1 cm³/mol. The molecule has 0 spiro atoms. The van der Waals surface area contributed by atoms with E-state index in [0.717, 1.165) is 18.4 Å². The van der Waals surface area contributed by atoms with Crippen LogP contribution in [0.5, 0.6) is 5.75 Å². The number of rotatable bonds is 3. The number of ether oxygens (including phenoxy) is 1. The Hall–Kier alpha value is -0.260. The molecule has 3 nitrogen and oxygen atoms in total. The monoisotopic (exact) mass is 366 g/mol. The molecule has 0 aliphatic carbocycles. The summed E-state index contributed by atoms with van der Waals surface area (Å²) in [5.74, 6) is 0.938. The average Bonchev–Trinajstić information content (AvgIpc) is 2.37. The topological polar surface area (TPSA) is 43.4 Å². The van der Waals surface area contributed by atoms with Crippen LogP contribution < -0.4 is 4.74 Å². The van der Waals surface area contributed by atoms with Gasteiger partial charge in [0.25, 0.3) is 0 Å². The van der Waals surface area contributed by atoms with Crippen LogP contribution in [0.4, 0.5) is 0 Å². The zero-order valence-electron chi connectivity index (χ0n) is 10.6. The molecule has 1 aliphatic heterocycles. The molecule has 0 bridgehead atoms. The lowest BCUT2D eigenvalue weighted by atomic mass is 10.0. The zero-order valence-corrected chi connectivity index (χ0v) is 13.8. The van der Waals surface area contributed by atoms with Gasteiger partial charge in [0.15, 0.2) is 9.84 Å². The summed E-state index contributed by atoms with van der Waals surface area (Å²) in [7, 11) is -1.47. The first-order chi connectivity index (χ1) is 8.95. The molecule has 0 aromatic heterocycles. The largest absolute Gasteiger partial charge is 0.497 e.